The van der Waals surface area contributed by atoms with Gasteiger partial charge in [-0.3, -0.25) is 0 Å². The second kappa shape index (κ2) is 6.52. The van der Waals surface area contributed by atoms with Gasteiger partial charge in [-0.15, -0.1) is 0 Å². The second-order valence-electron chi connectivity index (χ2n) is 6.27. The number of esters is 1. The summed E-state index contributed by atoms with van der Waals surface area (Å²) in [6, 6.07) is 19.9. The van der Waals surface area contributed by atoms with Crippen molar-refractivity contribution in [3.8, 4) is 5.75 Å². The van der Waals surface area contributed by atoms with Crippen LogP contribution in [0.1, 0.15) is 16.7 Å². The topological polar surface area (TPSA) is 35.5 Å². The average molecular weight is 342 g/mol. The molecule has 0 saturated heterocycles. The van der Waals surface area contributed by atoms with Crippen LogP contribution in [0, 0.1) is 6.92 Å². The van der Waals surface area contributed by atoms with Crippen LogP contribution in [0.3, 0.4) is 0 Å². The van der Waals surface area contributed by atoms with Crippen LogP contribution >= 0.6 is 0 Å². The first-order valence-corrected chi connectivity index (χ1v) is 8.44. The number of benzene rings is 3. The van der Waals surface area contributed by atoms with E-state index in [4.69, 9.17) is 9.47 Å². The van der Waals surface area contributed by atoms with E-state index in [0.717, 1.165) is 33.2 Å². The van der Waals surface area contributed by atoms with Gasteiger partial charge in [-0.1, -0.05) is 60.2 Å². The van der Waals surface area contributed by atoms with Gasteiger partial charge in [0, 0.05) is 11.1 Å². The minimum Gasteiger partial charge on any atom is -0.496 e. The Morgan fingerprint density at radius 1 is 0.962 bits per heavy atom. The van der Waals surface area contributed by atoms with Crippen LogP contribution in [0.4, 0.5) is 0 Å². The van der Waals surface area contributed by atoms with Crippen molar-refractivity contribution in [3.63, 3.8) is 0 Å². The van der Waals surface area contributed by atoms with Gasteiger partial charge in [-0.2, -0.15) is 0 Å². The summed E-state index contributed by atoms with van der Waals surface area (Å²) in [5, 5.41) is 2.12. The Labute approximate surface area is 152 Å². The first kappa shape index (κ1) is 16.2. The zero-order valence-corrected chi connectivity index (χ0v) is 14.7. The monoisotopic (exact) mass is 342 g/mol. The third-order valence-electron chi connectivity index (χ3n) is 4.51. The Morgan fingerprint density at radius 2 is 1.73 bits per heavy atom. The zero-order chi connectivity index (χ0) is 18.1. The molecule has 0 saturated carbocycles. The fourth-order valence-electron chi connectivity index (χ4n) is 3.11. The van der Waals surface area contributed by atoms with Crippen molar-refractivity contribution in [1.29, 1.82) is 0 Å². The predicted octanol–water partition coefficient (Wildman–Crippen LogP) is 5.14. The number of cyclic esters (lactones) is 1. The van der Waals surface area contributed by atoms with Crippen LogP contribution in [0.25, 0.3) is 22.6 Å². The van der Waals surface area contributed by atoms with Crippen LogP contribution in [0.15, 0.2) is 72.3 Å². The summed E-state index contributed by atoms with van der Waals surface area (Å²) in [4.78, 5) is 12.4. The second-order valence-corrected chi connectivity index (χ2v) is 6.27. The molecule has 0 radical (unpaired) electrons. The first-order chi connectivity index (χ1) is 12.7. The maximum atomic E-state index is 12.4. The van der Waals surface area contributed by atoms with Crippen molar-refractivity contribution in [2.24, 2.45) is 0 Å². The number of carbonyl (C=O) groups is 1. The van der Waals surface area contributed by atoms with Gasteiger partial charge in [0.15, 0.2) is 0 Å². The van der Waals surface area contributed by atoms with Crippen LogP contribution in [-0.2, 0) is 9.53 Å². The number of carbonyl (C=O) groups excluding carboxylic acids is 1. The molecular formula is C23H18O3. The highest BCUT2D eigenvalue weighted by atomic mass is 16.5. The molecule has 3 heteroatoms. The summed E-state index contributed by atoms with van der Waals surface area (Å²) in [5.74, 6) is 0.942. The normalized spacial score (nSPS) is 15.2. The van der Waals surface area contributed by atoms with E-state index in [9.17, 15) is 4.79 Å². The average Bonchev–Trinajstić information content (AvgIpc) is 3.03. The lowest BCUT2D eigenvalue weighted by Crippen LogP contribution is -1.98. The summed E-state index contributed by atoms with van der Waals surface area (Å²) >= 11 is 0. The minimum absolute atomic E-state index is 0.351. The van der Waals surface area contributed by atoms with Gasteiger partial charge in [-0.25, -0.2) is 4.79 Å². The molecule has 26 heavy (non-hydrogen) atoms. The van der Waals surface area contributed by atoms with Crippen molar-refractivity contribution in [3.05, 3.63) is 89.0 Å². The molecule has 0 amide bonds. The van der Waals surface area contributed by atoms with E-state index < -0.39 is 0 Å². The van der Waals surface area contributed by atoms with E-state index in [2.05, 4.69) is 0 Å². The van der Waals surface area contributed by atoms with E-state index in [-0.39, 0.29) is 5.97 Å². The maximum Gasteiger partial charge on any atom is 0.343 e. The molecule has 0 unspecified atom stereocenters. The van der Waals surface area contributed by atoms with E-state index in [1.54, 1.807) is 13.2 Å². The molecule has 0 fully saturated rings. The molecule has 0 atom stereocenters. The van der Waals surface area contributed by atoms with E-state index in [0.29, 0.717) is 11.3 Å². The molecule has 128 valence electrons. The number of rotatable bonds is 3. The van der Waals surface area contributed by atoms with Crippen LogP contribution in [-0.4, -0.2) is 13.1 Å². The Morgan fingerprint density at radius 3 is 2.50 bits per heavy atom. The highest BCUT2D eigenvalue weighted by Crippen LogP contribution is 2.33. The number of hydrogen-bond donors (Lipinski definition) is 0. The van der Waals surface area contributed by atoms with Crippen molar-refractivity contribution in [1.82, 2.24) is 0 Å². The maximum absolute atomic E-state index is 12.4. The Balaban J connectivity index is 1.82. The standard InChI is InChI=1S/C23H18O3/c1-15-7-9-17(10-8-15)22-14-18(23(24)26-22)13-20-19-6-4-3-5-16(19)11-12-21(20)25-2/h3-14H,1-2H3. The quantitative estimate of drug-likeness (QED) is 0.488. The molecule has 0 aromatic heterocycles. The summed E-state index contributed by atoms with van der Waals surface area (Å²) in [5.41, 5.74) is 3.43. The lowest BCUT2D eigenvalue weighted by Gasteiger charge is -2.09. The van der Waals surface area contributed by atoms with Crippen molar-refractivity contribution in [2.75, 3.05) is 7.11 Å². The molecular weight excluding hydrogens is 324 g/mol. The van der Waals surface area contributed by atoms with Crippen LogP contribution in [0.5, 0.6) is 5.75 Å². The fraction of sp³-hybridized carbons (Fsp3) is 0.0870. The van der Waals surface area contributed by atoms with Gasteiger partial charge in [0.25, 0.3) is 0 Å². The largest absolute Gasteiger partial charge is 0.496 e. The zero-order valence-electron chi connectivity index (χ0n) is 14.7. The molecule has 1 heterocycles. The third-order valence-corrected chi connectivity index (χ3v) is 4.51. The summed E-state index contributed by atoms with van der Waals surface area (Å²) in [7, 11) is 1.63. The van der Waals surface area contributed by atoms with E-state index in [1.165, 1.54) is 0 Å². The molecule has 1 aliphatic rings. The lowest BCUT2D eigenvalue weighted by atomic mass is 10.0. The van der Waals surface area contributed by atoms with Gasteiger partial charge in [0.05, 0.1) is 12.7 Å². The van der Waals surface area contributed by atoms with Crippen LogP contribution in [0.2, 0.25) is 0 Å². The fourth-order valence-corrected chi connectivity index (χ4v) is 3.11. The Kier molecular flexibility index (Phi) is 4.05. The molecule has 3 aromatic carbocycles. The molecule has 4 rings (SSSR count). The summed E-state index contributed by atoms with van der Waals surface area (Å²) in [6.07, 6.45) is 3.62. The van der Waals surface area contributed by atoms with Gasteiger partial charge >= 0.3 is 5.97 Å². The first-order valence-electron chi connectivity index (χ1n) is 8.44. The van der Waals surface area contributed by atoms with Crippen molar-refractivity contribution in [2.45, 2.75) is 6.92 Å². The smallest absolute Gasteiger partial charge is 0.343 e. The number of ether oxygens (including phenoxy) is 2. The number of methoxy groups -OCH3 is 1. The molecule has 1 aliphatic heterocycles. The molecule has 0 bridgehead atoms. The number of aryl methyl sites for hydroxylation is 1. The molecule has 3 nitrogen and oxygen atoms in total. The van der Waals surface area contributed by atoms with Crippen molar-refractivity contribution < 1.29 is 14.3 Å². The van der Waals surface area contributed by atoms with E-state index >= 15 is 0 Å². The number of fused-ring (bicyclic) bond motifs is 1. The minimum atomic E-state index is -0.351. The molecule has 0 aliphatic carbocycles. The Bertz CT molecular complexity index is 1060. The van der Waals surface area contributed by atoms with Gasteiger partial charge in [-0.05, 0) is 35.9 Å². The van der Waals surface area contributed by atoms with Crippen molar-refractivity contribution >= 4 is 28.6 Å². The Hall–Kier alpha value is -3.33. The van der Waals surface area contributed by atoms with Gasteiger partial charge < -0.3 is 9.47 Å². The third kappa shape index (κ3) is 2.88. The van der Waals surface area contributed by atoms with Gasteiger partial charge in [0.1, 0.15) is 11.5 Å². The molecule has 0 spiro atoms. The molecule has 3 aromatic rings. The number of hydrogen-bond acceptors (Lipinski definition) is 3. The lowest BCUT2D eigenvalue weighted by molar-refractivity contribution is -0.130. The van der Waals surface area contributed by atoms with Gasteiger partial charge in [0.2, 0.25) is 0 Å². The summed E-state index contributed by atoms with van der Waals surface area (Å²) < 4.78 is 11.0. The molecule has 0 N–H and O–H groups in total. The highest BCUT2D eigenvalue weighted by Gasteiger charge is 2.22. The summed E-state index contributed by atoms with van der Waals surface area (Å²) in [6.45, 7) is 2.02. The SMILES string of the molecule is COc1ccc2ccccc2c1C=C1C=C(c2ccc(C)cc2)OC1=O. The highest BCUT2D eigenvalue weighted by molar-refractivity contribution is 6.07. The van der Waals surface area contributed by atoms with Crippen LogP contribution < -0.4 is 4.74 Å². The van der Waals surface area contributed by atoms with E-state index in [1.807, 2.05) is 73.7 Å². The predicted molar refractivity (Wildman–Crippen MR) is 104 cm³/mol.